The van der Waals surface area contributed by atoms with E-state index < -0.39 is 11.7 Å². The number of carbonyl (C=O) groups is 2. The van der Waals surface area contributed by atoms with Crippen LogP contribution in [0.4, 0.5) is 10.1 Å². The van der Waals surface area contributed by atoms with Gasteiger partial charge in [0, 0.05) is 16.9 Å². The Labute approximate surface area is 126 Å². The lowest BCUT2D eigenvalue weighted by Gasteiger charge is -2.32. The zero-order valence-corrected chi connectivity index (χ0v) is 13.1. The Morgan fingerprint density at radius 2 is 2.15 bits per heavy atom. The molecule has 0 aliphatic carbocycles. The number of halogens is 2. The van der Waals surface area contributed by atoms with Gasteiger partial charge in [-0.1, -0.05) is 29.8 Å². The number of amides is 1. The van der Waals surface area contributed by atoms with Gasteiger partial charge in [-0.3, -0.25) is 9.59 Å². The van der Waals surface area contributed by atoms with Crippen molar-refractivity contribution in [2.24, 2.45) is 11.8 Å². The summed E-state index contributed by atoms with van der Waals surface area (Å²) in [7, 11) is 0. The molecule has 0 radical (unpaired) electrons. The highest BCUT2D eigenvalue weighted by molar-refractivity contribution is 9.10. The summed E-state index contributed by atoms with van der Waals surface area (Å²) in [4.78, 5) is 25.9. The van der Waals surface area contributed by atoms with Gasteiger partial charge in [-0.2, -0.15) is 0 Å². The predicted molar refractivity (Wildman–Crippen MR) is 79.0 cm³/mol. The van der Waals surface area contributed by atoms with Crippen molar-refractivity contribution in [3.63, 3.8) is 0 Å². The van der Waals surface area contributed by atoms with Crippen LogP contribution in [0.1, 0.15) is 26.7 Å². The van der Waals surface area contributed by atoms with Crippen molar-refractivity contribution in [1.82, 2.24) is 0 Å². The van der Waals surface area contributed by atoms with Gasteiger partial charge >= 0.3 is 0 Å². The van der Waals surface area contributed by atoms with E-state index in [4.69, 9.17) is 0 Å². The summed E-state index contributed by atoms with van der Waals surface area (Å²) < 4.78 is 14.6. The van der Waals surface area contributed by atoms with Crippen molar-refractivity contribution in [3.8, 4) is 0 Å². The minimum atomic E-state index is -0.633. The van der Waals surface area contributed by atoms with Gasteiger partial charge in [0.2, 0.25) is 5.91 Å². The monoisotopic (exact) mass is 341 g/mol. The Morgan fingerprint density at radius 3 is 2.75 bits per heavy atom. The fourth-order valence-electron chi connectivity index (χ4n) is 2.48. The van der Waals surface area contributed by atoms with Crippen molar-refractivity contribution in [2.75, 3.05) is 11.4 Å². The molecule has 0 saturated carbocycles. The second-order valence-electron chi connectivity index (χ2n) is 5.34. The topological polar surface area (TPSA) is 37.4 Å². The van der Waals surface area contributed by atoms with Gasteiger partial charge in [0.1, 0.15) is 11.6 Å². The lowest BCUT2D eigenvalue weighted by molar-refractivity contribution is -0.135. The maximum Gasteiger partial charge on any atom is 0.237 e. The van der Waals surface area contributed by atoms with E-state index in [1.807, 2.05) is 0 Å². The normalized spacial score (nSPS) is 19.6. The smallest absolute Gasteiger partial charge is 0.237 e. The van der Waals surface area contributed by atoms with Crippen LogP contribution in [0.25, 0.3) is 0 Å². The molecule has 2 rings (SSSR count). The lowest BCUT2D eigenvalue weighted by Crippen LogP contribution is -2.45. The molecule has 1 aliphatic heterocycles. The number of piperidine rings is 1. The Kier molecular flexibility index (Phi) is 4.58. The van der Waals surface area contributed by atoms with Gasteiger partial charge < -0.3 is 4.90 Å². The molecular formula is C15H17BrFNO2. The van der Waals surface area contributed by atoms with E-state index in [-0.39, 0.29) is 23.3 Å². The molecule has 1 fully saturated rings. The van der Waals surface area contributed by atoms with E-state index in [1.165, 1.54) is 11.0 Å². The van der Waals surface area contributed by atoms with Gasteiger partial charge in [0.25, 0.3) is 0 Å². The van der Waals surface area contributed by atoms with Gasteiger partial charge in [-0.25, -0.2) is 4.39 Å². The summed E-state index contributed by atoms with van der Waals surface area (Å²) in [6.07, 6.45) is 1.27. The first-order chi connectivity index (χ1) is 9.41. The van der Waals surface area contributed by atoms with Crippen molar-refractivity contribution < 1.29 is 14.0 Å². The first kappa shape index (κ1) is 15.2. The van der Waals surface area contributed by atoms with Crippen molar-refractivity contribution in [3.05, 3.63) is 28.5 Å². The maximum absolute atomic E-state index is 14.0. The van der Waals surface area contributed by atoms with Crippen molar-refractivity contribution in [1.29, 1.82) is 0 Å². The molecule has 0 N–H and O–H groups in total. The number of anilines is 1. The first-order valence-electron chi connectivity index (χ1n) is 6.72. The zero-order valence-electron chi connectivity index (χ0n) is 11.5. The SMILES string of the molecule is CC(C)C(=O)[C@H]1CCCN(c2ccc(Br)cc2F)C1=O. The van der Waals surface area contributed by atoms with Crippen molar-refractivity contribution >= 4 is 33.3 Å². The Hall–Kier alpha value is -1.23. The first-order valence-corrected chi connectivity index (χ1v) is 7.51. The minimum Gasteiger partial charge on any atom is -0.309 e. The molecule has 1 atom stereocenters. The molecule has 0 spiro atoms. The third-order valence-electron chi connectivity index (χ3n) is 3.55. The molecule has 20 heavy (non-hydrogen) atoms. The van der Waals surface area contributed by atoms with Crippen LogP contribution in [0.15, 0.2) is 22.7 Å². The van der Waals surface area contributed by atoms with E-state index >= 15 is 0 Å². The zero-order chi connectivity index (χ0) is 14.9. The molecule has 1 aliphatic rings. The molecule has 0 bridgehead atoms. The molecule has 1 heterocycles. The molecule has 108 valence electrons. The molecule has 5 heteroatoms. The van der Waals surface area contributed by atoms with Crippen LogP contribution in [0.3, 0.4) is 0 Å². The molecule has 1 aromatic carbocycles. The van der Waals surface area contributed by atoms with Crippen LogP contribution in [0.2, 0.25) is 0 Å². The fourth-order valence-corrected chi connectivity index (χ4v) is 2.81. The number of carbonyl (C=O) groups excluding carboxylic acids is 2. The van der Waals surface area contributed by atoms with Gasteiger partial charge in [0.05, 0.1) is 11.6 Å². The van der Waals surface area contributed by atoms with Crippen LogP contribution in [-0.4, -0.2) is 18.2 Å². The van der Waals surface area contributed by atoms with Crippen LogP contribution in [0, 0.1) is 17.7 Å². The molecule has 0 aromatic heterocycles. The van der Waals surface area contributed by atoms with Gasteiger partial charge in [-0.15, -0.1) is 0 Å². The second-order valence-corrected chi connectivity index (χ2v) is 6.25. The molecule has 3 nitrogen and oxygen atoms in total. The molecular weight excluding hydrogens is 325 g/mol. The van der Waals surface area contributed by atoms with Crippen LogP contribution >= 0.6 is 15.9 Å². The summed E-state index contributed by atoms with van der Waals surface area (Å²) in [5.41, 5.74) is 0.249. The summed E-state index contributed by atoms with van der Waals surface area (Å²) in [5, 5.41) is 0. The van der Waals surface area contributed by atoms with Gasteiger partial charge in [-0.05, 0) is 31.0 Å². The van der Waals surface area contributed by atoms with E-state index in [2.05, 4.69) is 15.9 Å². The number of Topliss-reactive ketones (excluding diaryl/α,β-unsaturated/α-hetero) is 1. The Morgan fingerprint density at radius 1 is 1.45 bits per heavy atom. The molecule has 0 unspecified atom stereocenters. The van der Waals surface area contributed by atoms with E-state index in [0.29, 0.717) is 23.9 Å². The Bertz CT molecular complexity index is 545. The summed E-state index contributed by atoms with van der Waals surface area (Å²) in [5.74, 6) is -1.61. The van der Waals surface area contributed by atoms with E-state index in [0.717, 1.165) is 0 Å². The van der Waals surface area contributed by atoms with Crippen LogP contribution in [-0.2, 0) is 9.59 Å². The number of nitrogens with zero attached hydrogens (tertiary/aromatic N) is 1. The maximum atomic E-state index is 14.0. The highest BCUT2D eigenvalue weighted by atomic mass is 79.9. The third-order valence-corrected chi connectivity index (χ3v) is 4.04. The summed E-state index contributed by atoms with van der Waals surface area (Å²) >= 11 is 3.19. The summed E-state index contributed by atoms with van der Waals surface area (Å²) in [6.45, 7) is 4.03. The lowest BCUT2D eigenvalue weighted by atomic mass is 9.87. The van der Waals surface area contributed by atoms with Crippen LogP contribution in [0.5, 0.6) is 0 Å². The Balaban J connectivity index is 2.28. The largest absolute Gasteiger partial charge is 0.309 e. The second kappa shape index (κ2) is 6.04. The molecule has 1 amide bonds. The van der Waals surface area contributed by atoms with Gasteiger partial charge in [0.15, 0.2) is 0 Å². The average molecular weight is 342 g/mol. The van der Waals surface area contributed by atoms with E-state index in [1.54, 1.807) is 26.0 Å². The number of ketones is 1. The highest BCUT2D eigenvalue weighted by Gasteiger charge is 2.36. The quantitative estimate of drug-likeness (QED) is 0.788. The summed E-state index contributed by atoms with van der Waals surface area (Å²) in [6, 6.07) is 4.59. The van der Waals surface area contributed by atoms with Crippen LogP contribution < -0.4 is 4.90 Å². The highest BCUT2D eigenvalue weighted by Crippen LogP contribution is 2.29. The van der Waals surface area contributed by atoms with Crippen molar-refractivity contribution in [2.45, 2.75) is 26.7 Å². The number of hydrogen-bond acceptors (Lipinski definition) is 2. The van der Waals surface area contributed by atoms with E-state index in [9.17, 15) is 14.0 Å². The number of rotatable bonds is 3. The molecule has 1 saturated heterocycles. The average Bonchev–Trinajstić information content (AvgIpc) is 2.39. The standard InChI is InChI=1S/C15H17BrFNO2/c1-9(2)14(19)11-4-3-7-18(15(11)20)13-6-5-10(16)8-12(13)17/h5-6,8-9,11H,3-4,7H2,1-2H3/t11-/m1/s1. The molecule has 1 aromatic rings. The predicted octanol–water partition coefficient (Wildman–Crippen LogP) is 3.56. The number of benzene rings is 1. The fraction of sp³-hybridized carbons (Fsp3) is 0.467. The number of hydrogen-bond donors (Lipinski definition) is 0. The third kappa shape index (κ3) is 2.92. The minimum absolute atomic E-state index is 0.0581.